The van der Waals surface area contributed by atoms with Crippen LogP contribution in [-0.2, 0) is 5.75 Å². The molecule has 2 aromatic rings. The number of nitrogens with one attached hydrogen (secondary N) is 1. The van der Waals surface area contributed by atoms with Crippen LogP contribution in [0.2, 0.25) is 0 Å². The molecule has 2 rings (SSSR count). The predicted octanol–water partition coefficient (Wildman–Crippen LogP) is 4.12. The van der Waals surface area contributed by atoms with E-state index in [-0.39, 0.29) is 17.9 Å². The van der Waals surface area contributed by atoms with Crippen molar-refractivity contribution in [3.8, 4) is 0 Å². The number of hydrogen-bond donors (Lipinski definition) is 2. The largest absolute Gasteiger partial charge is 0.393 e. The van der Waals surface area contributed by atoms with Gasteiger partial charge in [-0.25, -0.2) is 0 Å². The highest BCUT2D eigenvalue weighted by Crippen LogP contribution is 2.22. The lowest BCUT2D eigenvalue weighted by atomic mass is 10.0. The van der Waals surface area contributed by atoms with Crippen molar-refractivity contribution in [2.75, 3.05) is 6.54 Å². The molecule has 2 N–H and O–H groups in total. The summed E-state index contributed by atoms with van der Waals surface area (Å²) in [4.78, 5) is 13.4. The number of thioether (sulfide) groups is 1. The van der Waals surface area contributed by atoms with Crippen LogP contribution in [0.3, 0.4) is 0 Å². The zero-order chi connectivity index (χ0) is 17.4. The van der Waals surface area contributed by atoms with E-state index in [9.17, 15) is 9.90 Å². The van der Waals surface area contributed by atoms with Gasteiger partial charge in [0.05, 0.1) is 6.10 Å². The Labute approximate surface area is 148 Å². The van der Waals surface area contributed by atoms with Gasteiger partial charge in [-0.1, -0.05) is 37.3 Å². The fraction of sp³-hybridized carbons (Fsp3) is 0.350. The third kappa shape index (κ3) is 6.38. The highest BCUT2D eigenvalue weighted by atomic mass is 32.2. The van der Waals surface area contributed by atoms with E-state index in [4.69, 9.17) is 0 Å². The van der Waals surface area contributed by atoms with Crippen LogP contribution in [0.1, 0.15) is 36.2 Å². The minimum atomic E-state index is -0.335. The molecule has 0 aromatic heterocycles. The Morgan fingerprint density at radius 2 is 1.75 bits per heavy atom. The Hall–Kier alpha value is -1.78. The van der Waals surface area contributed by atoms with Gasteiger partial charge in [0.25, 0.3) is 5.91 Å². The van der Waals surface area contributed by atoms with Crippen LogP contribution in [0.5, 0.6) is 0 Å². The third-order valence-corrected chi connectivity index (χ3v) is 4.80. The van der Waals surface area contributed by atoms with Gasteiger partial charge in [-0.2, -0.15) is 0 Å². The Kier molecular flexibility index (Phi) is 7.35. The van der Waals surface area contributed by atoms with Crippen molar-refractivity contribution in [1.29, 1.82) is 0 Å². The van der Waals surface area contributed by atoms with E-state index >= 15 is 0 Å². The Morgan fingerprint density at radius 1 is 1.08 bits per heavy atom. The van der Waals surface area contributed by atoms with Gasteiger partial charge >= 0.3 is 0 Å². The van der Waals surface area contributed by atoms with Crippen molar-refractivity contribution in [1.82, 2.24) is 5.32 Å². The smallest absolute Gasteiger partial charge is 0.251 e. The molecule has 0 radical (unpaired) electrons. The molecular weight excluding hydrogens is 318 g/mol. The van der Waals surface area contributed by atoms with Crippen LogP contribution in [-0.4, -0.2) is 23.7 Å². The van der Waals surface area contributed by atoms with Gasteiger partial charge in [0.15, 0.2) is 0 Å². The first kappa shape index (κ1) is 18.6. The molecule has 0 aliphatic carbocycles. The molecule has 0 spiro atoms. The molecule has 128 valence electrons. The maximum Gasteiger partial charge on any atom is 0.251 e. The summed E-state index contributed by atoms with van der Waals surface area (Å²) < 4.78 is 0. The van der Waals surface area contributed by atoms with Crippen molar-refractivity contribution in [3.63, 3.8) is 0 Å². The summed E-state index contributed by atoms with van der Waals surface area (Å²) in [5.41, 5.74) is 1.87. The summed E-state index contributed by atoms with van der Waals surface area (Å²) in [5.74, 6) is 1.09. The molecule has 2 atom stereocenters. The number of hydrogen-bond acceptors (Lipinski definition) is 3. The summed E-state index contributed by atoms with van der Waals surface area (Å²) in [6.07, 6.45) is 0.355. The van der Waals surface area contributed by atoms with Gasteiger partial charge < -0.3 is 10.4 Å². The number of rotatable bonds is 8. The number of benzene rings is 2. The molecule has 0 aliphatic heterocycles. The quantitative estimate of drug-likeness (QED) is 0.709. The van der Waals surface area contributed by atoms with Crippen molar-refractivity contribution in [2.45, 2.75) is 37.0 Å². The summed E-state index contributed by atoms with van der Waals surface area (Å²) in [7, 11) is 0. The molecule has 2 unspecified atom stereocenters. The van der Waals surface area contributed by atoms with E-state index in [1.807, 2.05) is 49.4 Å². The standard InChI is InChI=1S/C20H25NO2S/c1-15(12-16(2)22)13-21-20(23)18-10-8-17(9-11-18)14-24-19-6-4-3-5-7-19/h3-11,15-16,22H,12-14H2,1-2H3,(H,21,23). The predicted molar refractivity (Wildman–Crippen MR) is 100 cm³/mol. The van der Waals surface area contributed by atoms with Crippen molar-refractivity contribution < 1.29 is 9.90 Å². The van der Waals surface area contributed by atoms with Crippen molar-refractivity contribution in [3.05, 3.63) is 65.7 Å². The van der Waals surface area contributed by atoms with Crippen molar-refractivity contribution >= 4 is 17.7 Å². The van der Waals surface area contributed by atoms with Gasteiger partial charge in [-0.05, 0) is 49.1 Å². The Morgan fingerprint density at radius 3 is 2.38 bits per heavy atom. The topological polar surface area (TPSA) is 49.3 Å². The molecule has 0 fully saturated rings. The molecule has 0 aliphatic rings. The second-order valence-electron chi connectivity index (χ2n) is 6.20. The van der Waals surface area contributed by atoms with Crippen LogP contribution in [0.25, 0.3) is 0 Å². The number of aliphatic hydroxyl groups is 1. The zero-order valence-electron chi connectivity index (χ0n) is 14.2. The maximum absolute atomic E-state index is 12.1. The molecule has 2 aromatic carbocycles. The van der Waals surface area contributed by atoms with Crippen LogP contribution < -0.4 is 5.32 Å². The van der Waals surface area contributed by atoms with Crippen LogP contribution in [0.15, 0.2) is 59.5 Å². The summed E-state index contributed by atoms with van der Waals surface area (Å²) >= 11 is 1.78. The lowest BCUT2D eigenvalue weighted by Gasteiger charge is -2.14. The van der Waals surface area contributed by atoms with Gasteiger partial charge in [-0.15, -0.1) is 11.8 Å². The fourth-order valence-electron chi connectivity index (χ4n) is 2.47. The maximum atomic E-state index is 12.1. The Balaban J connectivity index is 1.81. The van der Waals surface area contributed by atoms with Crippen LogP contribution in [0.4, 0.5) is 0 Å². The highest BCUT2D eigenvalue weighted by molar-refractivity contribution is 7.98. The van der Waals surface area contributed by atoms with Crippen LogP contribution >= 0.6 is 11.8 Å². The van der Waals surface area contributed by atoms with Gasteiger partial charge in [0.2, 0.25) is 0 Å². The van der Waals surface area contributed by atoms with E-state index in [0.717, 1.165) is 5.75 Å². The van der Waals surface area contributed by atoms with Gasteiger partial charge in [0, 0.05) is 22.8 Å². The van der Waals surface area contributed by atoms with E-state index in [1.165, 1.54) is 10.5 Å². The molecule has 0 saturated heterocycles. The first-order valence-electron chi connectivity index (χ1n) is 8.27. The molecule has 24 heavy (non-hydrogen) atoms. The normalized spacial score (nSPS) is 13.3. The SMILES string of the molecule is CC(O)CC(C)CNC(=O)c1ccc(CSc2ccccc2)cc1. The molecule has 1 amide bonds. The number of amides is 1. The molecule has 0 bridgehead atoms. The molecular formula is C20H25NO2S. The average Bonchev–Trinajstić information content (AvgIpc) is 2.58. The van der Waals surface area contributed by atoms with E-state index in [2.05, 4.69) is 17.4 Å². The lowest BCUT2D eigenvalue weighted by Crippen LogP contribution is -2.29. The first-order chi connectivity index (χ1) is 11.5. The van der Waals surface area contributed by atoms with Gasteiger partial charge in [-0.3, -0.25) is 4.79 Å². The summed E-state index contributed by atoms with van der Waals surface area (Å²) in [6, 6.07) is 18.0. The number of aliphatic hydroxyl groups excluding tert-OH is 1. The lowest BCUT2D eigenvalue weighted by molar-refractivity contribution is 0.0939. The molecule has 0 saturated carbocycles. The second kappa shape index (κ2) is 9.50. The van der Waals surface area contributed by atoms with Crippen LogP contribution in [0, 0.1) is 5.92 Å². The number of carbonyl (C=O) groups is 1. The number of carbonyl (C=O) groups excluding carboxylic acids is 1. The minimum absolute atomic E-state index is 0.0605. The fourth-order valence-corrected chi connectivity index (χ4v) is 3.35. The highest BCUT2D eigenvalue weighted by Gasteiger charge is 2.10. The van der Waals surface area contributed by atoms with E-state index in [1.54, 1.807) is 18.7 Å². The van der Waals surface area contributed by atoms with E-state index < -0.39 is 0 Å². The van der Waals surface area contributed by atoms with Crippen molar-refractivity contribution in [2.24, 2.45) is 5.92 Å². The second-order valence-corrected chi connectivity index (χ2v) is 7.25. The Bertz CT molecular complexity index is 626. The molecule has 4 heteroatoms. The summed E-state index contributed by atoms with van der Waals surface area (Å²) in [5, 5.41) is 12.3. The monoisotopic (exact) mass is 343 g/mol. The minimum Gasteiger partial charge on any atom is -0.393 e. The van der Waals surface area contributed by atoms with Gasteiger partial charge in [0.1, 0.15) is 0 Å². The third-order valence-electron chi connectivity index (χ3n) is 3.72. The summed E-state index contributed by atoms with van der Waals surface area (Å²) in [6.45, 7) is 4.37. The molecule has 3 nitrogen and oxygen atoms in total. The average molecular weight is 343 g/mol. The zero-order valence-corrected chi connectivity index (χ0v) is 15.1. The first-order valence-corrected chi connectivity index (χ1v) is 9.26. The molecule has 0 heterocycles. The van der Waals surface area contributed by atoms with E-state index in [0.29, 0.717) is 18.5 Å².